The van der Waals surface area contributed by atoms with Gasteiger partial charge in [0.2, 0.25) is 0 Å². The second-order valence-electron chi connectivity index (χ2n) is 5.75. The topological polar surface area (TPSA) is 72.2 Å². The number of carboxylic acids is 1. The van der Waals surface area contributed by atoms with E-state index in [0.717, 1.165) is 12.8 Å². The van der Waals surface area contributed by atoms with Crippen molar-refractivity contribution in [1.29, 1.82) is 0 Å². The number of aromatic nitrogens is 2. The number of Topliss-reactive ketones (excluding diaryl/α,β-unsaturated/α-hetero) is 1. The number of carboxylic acid groups (broad SMARTS) is 1. The lowest BCUT2D eigenvalue weighted by Gasteiger charge is -2.09. The Morgan fingerprint density at radius 3 is 2.85 bits per heavy atom. The maximum absolute atomic E-state index is 12.0. The lowest BCUT2D eigenvalue weighted by Crippen LogP contribution is -2.18. The summed E-state index contributed by atoms with van der Waals surface area (Å²) in [4.78, 5) is 23.1. The van der Waals surface area contributed by atoms with Gasteiger partial charge in [0.1, 0.15) is 5.78 Å². The van der Waals surface area contributed by atoms with E-state index in [0.29, 0.717) is 24.7 Å². The van der Waals surface area contributed by atoms with E-state index in [1.165, 1.54) is 5.69 Å². The van der Waals surface area contributed by atoms with Crippen LogP contribution in [0.3, 0.4) is 0 Å². The van der Waals surface area contributed by atoms with Gasteiger partial charge in [0.15, 0.2) is 0 Å². The number of aliphatic carboxylic acids is 1. The van der Waals surface area contributed by atoms with Gasteiger partial charge in [-0.2, -0.15) is 5.10 Å². The maximum Gasteiger partial charge on any atom is 0.306 e. The molecule has 3 atom stereocenters. The van der Waals surface area contributed by atoms with Gasteiger partial charge in [0.05, 0.1) is 5.92 Å². The van der Waals surface area contributed by atoms with E-state index >= 15 is 0 Å². The van der Waals surface area contributed by atoms with E-state index in [2.05, 4.69) is 5.10 Å². The molecule has 0 radical (unpaired) electrons. The monoisotopic (exact) mass is 278 g/mol. The van der Waals surface area contributed by atoms with Crippen molar-refractivity contribution in [2.24, 2.45) is 18.9 Å². The number of hydrogen-bond donors (Lipinski definition) is 1. The molecule has 2 rings (SSSR count). The van der Waals surface area contributed by atoms with Crippen molar-refractivity contribution < 1.29 is 14.7 Å². The Bertz CT molecular complexity index is 495. The fraction of sp³-hybridized carbons (Fsp3) is 0.667. The van der Waals surface area contributed by atoms with Crippen LogP contribution in [0.15, 0.2) is 12.3 Å². The summed E-state index contributed by atoms with van der Waals surface area (Å²) in [5.41, 5.74) is 1.17. The van der Waals surface area contributed by atoms with Crippen LogP contribution >= 0.6 is 0 Å². The number of ketones is 1. The van der Waals surface area contributed by atoms with Crippen LogP contribution in [0.1, 0.15) is 50.6 Å². The first kappa shape index (κ1) is 14.8. The second kappa shape index (κ2) is 6.20. The van der Waals surface area contributed by atoms with E-state index in [4.69, 9.17) is 5.11 Å². The molecule has 0 saturated heterocycles. The molecule has 0 aromatic carbocycles. The first-order chi connectivity index (χ1) is 9.52. The molecule has 20 heavy (non-hydrogen) atoms. The summed E-state index contributed by atoms with van der Waals surface area (Å²) in [6, 6.07) is 1.99. The van der Waals surface area contributed by atoms with Crippen molar-refractivity contribution in [2.75, 3.05) is 0 Å². The zero-order chi connectivity index (χ0) is 14.7. The van der Waals surface area contributed by atoms with Gasteiger partial charge >= 0.3 is 5.97 Å². The molecule has 0 bridgehead atoms. The lowest BCUT2D eigenvalue weighted by molar-refractivity contribution is -0.144. The highest BCUT2D eigenvalue weighted by atomic mass is 16.4. The van der Waals surface area contributed by atoms with Crippen molar-refractivity contribution in [2.45, 2.75) is 44.9 Å². The van der Waals surface area contributed by atoms with Crippen molar-refractivity contribution in [3.8, 4) is 0 Å². The molecular formula is C15H22N2O3. The van der Waals surface area contributed by atoms with Gasteiger partial charge < -0.3 is 5.11 Å². The molecule has 1 N–H and O–H groups in total. The van der Waals surface area contributed by atoms with Gasteiger partial charge in [0.25, 0.3) is 0 Å². The summed E-state index contributed by atoms with van der Waals surface area (Å²) in [7, 11) is 1.91. The molecule has 0 amide bonds. The first-order valence-corrected chi connectivity index (χ1v) is 7.25. The molecule has 110 valence electrons. The molecule has 5 heteroatoms. The minimum atomic E-state index is -0.848. The van der Waals surface area contributed by atoms with Crippen LogP contribution in [-0.2, 0) is 16.6 Å². The Balaban J connectivity index is 1.82. The van der Waals surface area contributed by atoms with Crippen molar-refractivity contribution in [3.63, 3.8) is 0 Å². The third-order valence-corrected chi connectivity index (χ3v) is 4.11. The number of aryl methyl sites for hydroxylation is 1. The smallest absolute Gasteiger partial charge is 0.306 e. The minimum absolute atomic E-state index is 0.0838. The van der Waals surface area contributed by atoms with Crippen LogP contribution in [0.5, 0.6) is 0 Å². The van der Waals surface area contributed by atoms with E-state index < -0.39 is 11.9 Å². The van der Waals surface area contributed by atoms with E-state index in [1.807, 2.05) is 24.7 Å². The molecular weight excluding hydrogens is 256 g/mol. The fourth-order valence-electron chi connectivity index (χ4n) is 2.90. The van der Waals surface area contributed by atoms with E-state index in [1.54, 1.807) is 6.20 Å². The van der Waals surface area contributed by atoms with Crippen LogP contribution in [0.4, 0.5) is 0 Å². The number of carbonyl (C=O) groups is 2. The molecule has 1 fully saturated rings. The van der Waals surface area contributed by atoms with Crippen molar-refractivity contribution in [1.82, 2.24) is 9.78 Å². The minimum Gasteiger partial charge on any atom is -0.481 e. The zero-order valence-corrected chi connectivity index (χ0v) is 12.1. The Labute approximate surface area is 119 Å². The zero-order valence-electron chi connectivity index (χ0n) is 12.1. The number of nitrogens with zero attached hydrogens (tertiary/aromatic N) is 2. The highest BCUT2D eigenvalue weighted by Crippen LogP contribution is 2.49. The summed E-state index contributed by atoms with van der Waals surface area (Å²) < 4.78 is 1.85. The summed E-state index contributed by atoms with van der Waals surface area (Å²) >= 11 is 0. The Morgan fingerprint density at radius 1 is 1.55 bits per heavy atom. The molecule has 0 spiro atoms. The fourth-order valence-corrected chi connectivity index (χ4v) is 2.90. The molecule has 1 aromatic heterocycles. The Morgan fingerprint density at radius 2 is 2.30 bits per heavy atom. The molecule has 0 aliphatic heterocycles. The second-order valence-corrected chi connectivity index (χ2v) is 5.75. The quantitative estimate of drug-likeness (QED) is 0.792. The van der Waals surface area contributed by atoms with Gasteiger partial charge in [-0.15, -0.1) is 0 Å². The first-order valence-electron chi connectivity index (χ1n) is 7.25. The van der Waals surface area contributed by atoms with Gasteiger partial charge in [0, 0.05) is 37.7 Å². The average Bonchev–Trinajstić information content (AvgIpc) is 2.99. The molecule has 3 unspecified atom stereocenters. The van der Waals surface area contributed by atoms with Crippen molar-refractivity contribution in [3.05, 3.63) is 18.0 Å². The predicted octanol–water partition coefficient (Wildman–Crippen LogP) is 2.37. The summed E-state index contributed by atoms with van der Waals surface area (Å²) in [5, 5.41) is 13.2. The number of carbonyl (C=O) groups excluding carboxylic acids is 1. The SMILES string of the molecule is CCCC(CC(=O)CC1CC1c1ccnn1C)C(=O)O. The summed E-state index contributed by atoms with van der Waals surface area (Å²) in [5.74, 6) is -0.490. The molecule has 5 nitrogen and oxygen atoms in total. The highest BCUT2D eigenvalue weighted by Gasteiger charge is 2.41. The van der Waals surface area contributed by atoms with Crippen LogP contribution in [0.2, 0.25) is 0 Å². The van der Waals surface area contributed by atoms with Gasteiger partial charge in [-0.05, 0) is 24.8 Å². The third kappa shape index (κ3) is 3.46. The summed E-state index contributed by atoms with van der Waals surface area (Å²) in [6.07, 6.45) is 4.84. The molecule has 1 aliphatic carbocycles. The summed E-state index contributed by atoms with van der Waals surface area (Å²) in [6.45, 7) is 1.94. The van der Waals surface area contributed by atoms with E-state index in [9.17, 15) is 9.59 Å². The molecule has 1 aromatic rings. The van der Waals surface area contributed by atoms with Crippen LogP contribution < -0.4 is 0 Å². The van der Waals surface area contributed by atoms with E-state index in [-0.39, 0.29) is 12.2 Å². The van der Waals surface area contributed by atoms with Crippen LogP contribution in [0.25, 0.3) is 0 Å². The number of hydrogen-bond acceptors (Lipinski definition) is 3. The predicted molar refractivity (Wildman–Crippen MR) is 74.3 cm³/mol. The van der Waals surface area contributed by atoms with Crippen LogP contribution in [0, 0.1) is 11.8 Å². The normalized spacial score (nSPS) is 22.5. The molecule has 1 aliphatic rings. The Kier molecular flexibility index (Phi) is 4.57. The molecule has 1 saturated carbocycles. The third-order valence-electron chi connectivity index (χ3n) is 4.11. The standard InChI is InChI=1S/C15H22N2O3/c1-3-4-10(15(19)20)7-12(18)8-11-9-13(11)14-5-6-16-17(14)2/h5-6,10-11,13H,3-4,7-9H2,1-2H3,(H,19,20). The van der Waals surface area contributed by atoms with Gasteiger partial charge in [-0.25, -0.2) is 0 Å². The molecule has 1 heterocycles. The lowest BCUT2D eigenvalue weighted by atomic mass is 9.95. The van der Waals surface area contributed by atoms with Crippen LogP contribution in [-0.4, -0.2) is 26.6 Å². The maximum atomic E-state index is 12.0. The number of rotatable bonds is 8. The van der Waals surface area contributed by atoms with Crippen molar-refractivity contribution >= 4 is 11.8 Å². The Hall–Kier alpha value is -1.65. The van der Waals surface area contributed by atoms with Gasteiger partial charge in [-0.1, -0.05) is 13.3 Å². The average molecular weight is 278 g/mol. The highest BCUT2D eigenvalue weighted by molar-refractivity contribution is 5.84. The van der Waals surface area contributed by atoms with Gasteiger partial charge in [-0.3, -0.25) is 14.3 Å². The largest absolute Gasteiger partial charge is 0.481 e.